The second kappa shape index (κ2) is 2.03. The largest absolute Gasteiger partial charge is 0.361 e. The Bertz CT molecular complexity index is 376. The highest BCUT2D eigenvalue weighted by Gasteiger charge is 2.67. The van der Waals surface area contributed by atoms with Crippen LogP contribution in [0.25, 0.3) is 0 Å². The van der Waals surface area contributed by atoms with Crippen molar-refractivity contribution in [1.29, 1.82) is 0 Å². The van der Waals surface area contributed by atoms with Crippen LogP contribution < -0.4 is 0 Å². The van der Waals surface area contributed by atoms with Crippen molar-refractivity contribution < 1.29 is 9.53 Å². The number of rotatable bonds is 0. The molecule has 1 saturated heterocycles. The molecule has 14 heavy (non-hydrogen) atoms. The molecular formula is C12H12O2. The highest BCUT2D eigenvalue weighted by atomic mass is 16.6. The van der Waals surface area contributed by atoms with E-state index in [4.69, 9.17) is 4.74 Å². The number of Topliss-reactive ketones (excluding diaryl/α,β-unsaturated/α-hetero) is 1. The van der Waals surface area contributed by atoms with E-state index in [1.54, 1.807) is 0 Å². The Morgan fingerprint density at radius 1 is 1.36 bits per heavy atom. The second-order valence-electron chi connectivity index (χ2n) is 4.88. The quantitative estimate of drug-likeness (QED) is 0.424. The van der Waals surface area contributed by atoms with Crippen molar-refractivity contribution in [2.24, 2.45) is 23.7 Å². The predicted molar refractivity (Wildman–Crippen MR) is 50.5 cm³/mol. The Kier molecular flexibility index (Phi) is 1.08. The van der Waals surface area contributed by atoms with Crippen molar-refractivity contribution >= 4 is 5.78 Å². The molecule has 0 aromatic rings. The molecular weight excluding hydrogens is 176 g/mol. The minimum absolute atomic E-state index is 0.117. The number of hydrogen-bond acceptors (Lipinski definition) is 2. The van der Waals surface area contributed by atoms with Crippen LogP contribution in [0.2, 0.25) is 0 Å². The molecule has 2 fully saturated rings. The van der Waals surface area contributed by atoms with E-state index < -0.39 is 0 Å². The molecule has 5 atom stereocenters. The van der Waals surface area contributed by atoms with Crippen molar-refractivity contribution in [2.45, 2.75) is 12.0 Å². The van der Waals surface area contributed by atoms with Gasteiger partial charge in [0.15, 0.2) is 11.4 Å². The van der Waals surface area contributed by atoms with E-state index in [1.807, 2.05) is 0 Å². The smallest absolute Gasteiger partial charge is 0.175 e. The summed E-state index contributed by atoms with van der Waals surface area (Å²) < 4.78 is 5.46. The van der Waals surface area contributed by atoms with Gasteiger partial charge in [-0.1, -0.05) is 24.3 Å². The fourth-order valence-corrected chi connectivity index (χ4v) is 3.60. The van der Waals surface area contributed by atoms with Crippen LogP contribution in [0.15, 0.2) is 24.3 Å². The van der Waals surface area contributed by atoms with E-state index >= 15 is 0 Å². The molecule has 4 aliphatic carbocycles. The fraction of sp³-hybridized carbons (Fsp3) is 0.583. The first-order valence-electron chi connectivity index (χ1n) is 5.36. The Balaban J connectivity index is 1.88. The molecule has 0 N–H and O–H groups in total. The fourth-order valence-electron chi connectivity index (χ4n) is 3.60. The predicted octanol–water partition coefficient (Wildman–Crippen LogP) is 1.33. The maximum Gasteiger partial charge on any atom is 0.175 e. The third-order valence-electron chi connectivity index (χ3n) is 4.38. The Labute approximate surface area is 82.6 Å². The standard InChI is InChI=1S/C12H12O2/c13-11-9-4-5-10(12(11)6-14-12)8-3-1-2-7(8)9/h1-2,4-5,7-10H,3,6H2/t7-,8+,9-,10+,12-/m0/s1. The van der Waals surface area contributed by atoms with Gasteiger partial charge in [0, 0.05) is 11.8 Å². The van der Waals surface area contributed by atoms with Gasteiger partial charge in [0.2, 0.25) is 0 Å². The third kappa shape index (κ3) is 0.611. The average Bonchev–Trinajstić information content (AvgIpc) is 2.81. The number of hydrogen-bond donors (Lipinski definition) is 0. The topological polar surface area (TPSA) is 29.6 Å². The van der Waals surface area contributed by atoms with Crippen LogP contribution in [0.5, 0.6) is 0 Å². The molecule has 1 saturated carbocycles. The second-order valence-corrected chi connectivity index (χ2v) is 4.88. The molecule has 0 radical (unpaired) electrons. The van der Waals surface area contributed by atoms with Crippen LogP contribution in [0, 0.1) is 23.7 Å². The SMILES string of the molecule is O=C1[C@H]2C=C[C@H]([C@@H]3CC=C[C@@H]32)[C@@]12CO2. The summed E-state index contributed by atoms with van der Waals surface area (Å²) in [6, 6.07) is 0. The van der Waals surface area contributed by atoms with Crippen molar-refractivity contribution in [3.8, 4) is 0 Å². The zero-order valence-electron chi connectivity index (χ0n) is 7.85. The Morgan fingerprint density at radius 2 is 2.21 bits per heavy atom. The molecule has 5 aliphatic rings. The zero-order valence-corrected chi connectivity index (χ0v) is 7.85. The van der Waals surface area contributed by atoms with Gasteiger partial charge < -0.3 is 4.74 Å². The number of allylic oxidation sites excluding steroid dienone is 3. The zero-order chi connectivity index (χ0) is 9.34. The van der Waals surface area contributed by atoms with E-state index in [1.165, 1.54) is 0 Å². The lowest BCUT2D eigenvalue weighted by atomic mass is 9.58. The minimum atomic E-state index is -0.368. The van der Waals surface area contributed by atoms with Crippen molar-refractivity contribution in [2.75, 3.05) is 6.61 Å². The van der Waals surface area contributed by atoms with Gasteiger partial charge >= 0.3 is 0 Å². The third-order valence-corrected chi connectivity index (χ3v) is 4.38. The molecule has 0 amide bonds. The lowest BCUT2D eigenvalue weighted by molar-refractivity contribution is -0.135. The molecule has 0 aromatic heterocycles. The van der Waals surface area contributed by atoms with Crippen LogP contribution >= 0.6 is 0 Å². The average molecular weight is 188 g/mol. The summed E-state index contributed by atoms with van der Waals surface area (Å²) in [6.07, 6.45) is 9.94. The van der Waals surface area contributed by atoms with E-state index in [0.29, 0.717) is 30.1 Å². The lowest BCUT2D eigenvalue weighted by Gasteiger charge is -2.44. The molecule has 2 bridgehead atoms. The van der Waals surface area contributed by atoms with Gasteiger partial charge in [-0.05, 0) is 18.3 Å². The maximum absolute atomic E-state index is 12.1. The van der Waals surface area contributed by atoms with E-state index in [2.05, 4.69) is 24.3 Å². The van der Waals surface area contributed by atoms with Crippen LogP contribution in [0.4, 0.5) is 0 Å². The van der Waals surface area contributed by atoms with Gasteiger partial charge in [0.1, 0.15) is 0 Å². The lowest BCUT2D eigenvalue weighted by Crippen LogP contribution is -2.52. The summed E-state index contributed by atoms with van der Waals surface area (Å²) in [5.41, 5.74) is -0.368. The first-order valence-corrected chi connectivity index (χ1v) is 5.36. The molecule has 1 heterocycles. The number of carbonyl (C=O) groups excluding carboxylic acids is 1. The van der Waals surface area contributed by atoms with Gasteiger partial charge in [-0.15, -0.1) is 0 Å². The van der Waals surface area contributed by atoms with Crippen LogP contribution in [-0.2, 0) is 9.53 Å². The summed E-state index contributed by atoms with van der Waals surface area (Å²) in [5.74, 6) is 1.95. The minimum Gasteiger partial charge on any atom is -0.361 e. The van der Waals surface area contributed by atoms with Crippen LogP contribution in [0.3, 0.4) is 0 Å². The van der Waals surface area contributed by atoms with E-state index in [9.17, 15) is 4.79 Å². The van der Waals surface area contributed by atoms with Crippen molar-refractivity contribution in [3.63, 3.8) is 0 Å². The van der Waals surface area contributed by atoms with E-state index in [0.717, 1.165) is 6.42 Å². The van der Waals surface area contributed by atoms with Crippen LogP contribution in [-0.4, -0.2) is 18.0 Å². The number of carbonyl (C=O) groups is 1. The molecule has 0 unspecified atom stereocenters. The number of ketones is 1. The number of epoxide rings is 1. The van der Waals surface area contributed by atoms with Gasteiger partial charge in [-0.25, -0.2) is 0 Å². The molecule has 5 rings (SSSR count). The summed E-state index contributed by atoms with van der Waals surface area (Å²) in [5, 5.41) is 0. The Hall–Kier alpha value is -0.890. The van der Waals surface area contributed by atoms with Gasteiger partial charge in [-0.2, -0.15) is 0 Å². The van der Waals surface area contributed by atoms with Crippen molar-refractivity contribution in [3.05, 3.63) is 24.3 Å². The first kappa shape index (κ1) is 7.41. The summed E-state index contributed by atoms with van der Waals surface area (Å²) >= 11 is 0. The monoisotopic (exact) mass is 188 g/mol. The summed E-state index contributed by atoms with van der Waals surface area (Å²) in [6.45, 7) is 0.667. The molecule has 72 valence electrons. The molecule has 1 spiro atoms. The highest BCUT2D eigenvalue weighted by Crippen LogP contribution is 2.57. The molecule has 2 heteroatoms. The first-order chi connectivity index (χ1) is 6.83. The van der Waals surface area contributed by atoms with Gasteiger partial charge in [0.05, 0.1) is 6.61 Å². The Morgan fingerprint density at radius 3 is 3.00 bits per heavy atom. The van der Waals surface area contributed by atoms with Gasteiger partial charge in [0.25, 0.3) is 0 Å². The molecule has 2 nitrogen and oxygen atoms in total. The summed E-state index contributed by atoms with van der Waals surface area (Å²) in [4.78, 5) is 12.1. The van der Waals surface area contributed by atoms with E-state index in [-0.39, 0.29) is 11.5 Å². The maximum atomic E-state index is 12.1. The highest BCUT2D eigenvalue weighted by molar-refractivity contribution is 5.96. The number of ether oxygens (including phenoxy) is 1. The van der Waals surface area contributed by atoms with Crippen LogP contribution in [0.1, 0.15) is 6.42 Å². The van der Waals surface area contributed by atoms with Gasteiger partial charge in [-0.3, -0.25) is 4.79 Å². The molecule has 0 aromatic carbocycles. The molecule has 1 aliphatic heterocycles. The summed E-state index contributed by atoms with van der Waals surface area (Å²) in [7, 11) is 0. The van der Waals surface area contributed by atoms with Crippen molar-refractivity contribution in [1.82, 2.24) is 0 Å². The normalized spacial score (nSPS) is 57.0.